The van der Waals surface area contributed by atoms with Crippen molar-refractivity contribution in [3.05, 3.63) is 71.8 Å². The van der Waals surface area contributed by atoms with Crippen molar-refractivity contribution < 1.29 is 17.4 Å². The van der Waals surface area contributed by atoms with E-state index >= 15 is 0 Å². The summed E-state index contributed by atoms with van der Waals surface area (Å²) in [6, 6.07) is 15.3. The first kappa shape index (κ1) is 21.2. The maximum atomic E-state index is 12.5. The molecule has 2 N–H and O–H groups in total. The van der Waals surface area contributed by atoms with E-state index in [1.807, 2.05) is 30.3 Å². The van der Waals surface area contributed by atoms with E-state index in [4.69, 9.17) is 8.94 Å². The zero-order chi connectivity index (χ0) is 22.7. The van der Waals surface area contributed by atoms with E-state index in [9.17, 15) is 8.42 Å². The van der Waals surface area contributed by atoms with Gasteiger partial charge in [-0.1, -0.05) is 23.4 Å². The highest BCUT2D eigenvalue weighted by Crippen LogP contribution is 2.32. The Kier molecular flexibility index (Phi) is 5.73. The first-order valence-electron chi connectivity index (χ1n) is 9.59. The smallest absolute Gasteiger partial charge is 0.309 e. The second-order valence-electron chi connectivity index (χ2n) is 6.89. The van der Waals surface area contributed by atoms with Crippen LogP contribution in [-0.2, 0) is 10.0 Å². The zero-order valence-electron chi connectivity index (χ0n) is 17.5. The summed E-state index contributed by atoms with van der Waals surface area (Å²) in [5.74, 6) is 1.47. The monoisotopic (exact) mass is 452 g/mol. The molecule has 164 valence electrons. The van der Waals surface area contributed by atoms with Crippen LogP contribution < -0.4 is 10.0 Å². The van der Waals surface area contributed by atoms with Gasteiger partial charge in [0.2, 0.25) is 5.82 Å². The van der Waals surface area contributed by atoms with Gasteiger partial charge in [-0.3, -0.25) is 0 Å². The van der Waals surface area contributed by atoms with Gasteiger partial charge in [0.15, 0.2) is 11.4 Å². The molecule has 0 saturated carbocycles. The van der Waals surface area contributed by atoms with E-state index in [1.54, 1.807) is 20.8 Å². The molecule has 2 aromatic heterocycles. The largest absolute Gasteiger partial charge is 0.428 e. The number of oxazole rings is 1. The minimum atomic E-state index is -3.85. The third-order valence-electron chi connectivity index (χ3n) is 4.53. The number of aryl methyl sites for hydroxylation is 3. The maximum Gasteiger partial charge on any atom is 0.309 e. The SMILES string of the molecule is Cc1nc(NS(=O)(=O)c2ccc(N=Nc3c(Nc4ccccc4)noc3C)cc2)oc1C. The summed E-state index contributed by atoms with van der Waals surface area (Å²) in [5.41, 5.74) is 2.35. The number of para-hydroxylation sites is 1. The van der Waals surface area contributed by atoms with E-state index in [2.05, 4.69) is 30.4 Å². The van der Waals surface area contributed by atoms with Gasteiger partial charge in [-0.2, -0.15) is 10.1 Å². The number of nitrogens with zero attached hydrogens (tertiary/aromatic N) is 4. The maximum absolute atomic E-state index is 12.5. The first-order valence-corrected chi connectivity index (χ1v) is 11.1. The van der Waals surface area contributed by atoms with Crippen LogP contribution in [0.3, 0.4) is 0 Å². The molecule has 0 spiro atoms. The Morgan fingerprint density at radius 2 is 1.62 bits per heavy atom. The lowest BCUT2D eigenvalue weighted by molar-refractivity contribution is 0.400. The molecule has 0 saturated heterocycles. The lowest BCUT2D eigenvalue weighted by atomic mass is 10.3. The topological polar surface area (TPSA) is 135 Å². The number of hydrogen-bond donors (Lipinski definition) is 2. The Balaban J connectivity index is 1.50. The lowest BCUT2D eigenvalue weighted by Gasteiger charge is -2.04. The molecule has 0 aliphatic carbocycles. The van der Waals surface area contributed by atoms with Gasteiger partial charge in [0.25, 0.3) is 10.0 Å². The van der Waals surface area contributed by atoms with E-state index in [0.717, 1.165) is 5.69 Å². The van der Waals surface area contributed by atoms with Crippen LogP contribution in [0.15, 0.2) is 78.7 Å². The molecule has 0 atom stereocenters. The molecule has 10 nitrogen and oxygen atoms in total. The van der Waals surface area contributed by atoms with Crippen molar-refractivity contribution in [3.63, 3.8) is 0 Å². The molecular weight excluding hydrogens is 432 g/mol. The van der Waals surface area contributed by atoms with Crippen LogP contribution in [-0.4, -0.2) is 18.6 Å². The van der Waals surface area contributed by atoms with Gasteiger partial charge < -0.3 is 14.3 Å². The number of sulfonamides is 1. The minimum Gasteiger partial charge on any atom is -0.428 e. The highest BCUT2D eigenvalue weighted by atomic mass is 32.2. The molecule has 2 aromatic carbocycles. The van der Waals surface area contributed by atoms with Crippen LogP contribution in [0.5, 0.6) is 0 Å². The summed E-state index contributed by atoms with van der Waals surface area (Å²) in [4.78, 5) is 4.07. The molecule has 0 aliphatic rings. The van der Waals surface area contributed by atoms with Gasteiger partial charge >= 0.3 is 6.01 Å². The molecule has 0 amide bonds. The Hall–Kier alpha value is -3.99. The van der Waals surface area contributed by atoms with Crippen LogP contribution in [0, 0.1) is 20.8 Å². The van der Waals surface area contributed by atoms with Crippen molar-refractivity contribution in [1.29, 1.82) is 0 Å². The number of rotatable bonds is 7. The Labute approximate surface area is 184 Å². The van der Waals surface area contributed by atoms with E-state index < -0.39 is 10.0 Å². The number of hydrogen-bond acceptors (Lipinski definition) is 9. The Morgan fingerprint density at radius 3 is 2.28 bits per heavy atom. The summed E-state index contributed by atoms with van der Waals surface area (Å²) in [7, 11) is -3.85. The van der Waals surface area contributed by atoms with Gasteiger partial charge in [-0.25, -0.2) is 13.1 Å². The predicted molar refractivity (Wildman–Crippen MR) is 118 cm³/mol. The average molecular weight is 452 g/mol. The molecule has 0 fully saturated rings. The minimum absolute atomic E-state index is 0.0394. The summed E-state index contributed by atoms with van der Waals surface area (Å²) < 4.78 is 37.9. The van der Waals surface area contributed by atoms with Crippen molar-refractivity contribution in [2.45, 2.75) is 25.7 Å². The highest BCUT2D eigenvalue weighted by molar-refractivity contribution is 7.92. The number of nitrogens with one attached hydrogen (secondary N) is 2. The standard InChI is InChI=1S/C21H20N6O4S/c1-13-14(2)30-21(22-13)27-32(28,29)18-11-9-17(10-12-18)24-25-19-15(3)31-26-20(19)23-16-7-5-4-6-8-16/h4-12H,1-3H3,(H,22,27)(H,23,26). The summed E-state index contributed by atoms with van der Waals surface area (Å²) in [6.45, 7) is 5.16. The van der Waals surface area contributed by atoms with Crippen LogP contribution in [0.1, 0.15) is 17.2 Å². The van der Waals surface area contributed by atoms with Crippen molar-refractivity contribution in [2.75, 3.05) is 10.0 Å². The van der Waals surface area contributed by atoms with Crippen molar-refractivity contribution in [3.8, 4) is 0 Å². The van der Waals surface area contributed by atoms with Gasteiger partial charge in [0, 0.05) is 5.69 Å². The molecule has 0 bridgehead atoms. The normalized spacial score (nSPS) is 11.7. The zero-order valence-corrected chi connectivity index (χ0v) is 18.3. The number of azo groups is 1. The molecule has 0 unspecified atom stereocenters. The molecule has 0 radical (unpaired) electrons. The summed E-state index contributed by atoms with van der Waals surface area (Å²) in [5, 5.41) is 15.5. The van der Waals surface area contributed by atoms with Crippen LogP contribution >= 0.6 is 0 Å². The van der Waals surface area contributed by atoms with E-state index in [-0.39, 0.29) is 10.9 Å². The second kappa shape index (κ2) is 8.63. The third kappa shape index (κ3) is 4.67. The van der Waals surface area contributed by atoms with Crippen molar-refractivity contribution >= 4 is 38.9 Å². The average Bonchev–Trinajstić information content (AvgIpc) is 3.27. The molecule has 32 heavy (non-hydrogen) atoms. The quantitative estimate of drug-likeness (QED) is 0.351. The fourth-order valence-electron chi connectivity index (χ4n) is 2.72. The Morgan fingerprint density at radius 1 is 0.906 bits per heavy atom. The van der Waals surface area contributed by atoms with Crippen molar-refractivity contribution in [2.24, 2.45) is 10.2 Å². The first-order chi connectivity index (χ1) is 15.3. The van der Waals surface area contributed by atoms with Gasteiger partial charge in [-0.15, -0.1) is 5.11 Å². The molecule has 0 aliphatic heterocycles. The number of aromatic nitrogens is 2. The molecule has 4 aromatic rings. The van der Waals surface area contributed by atoms with Gasteiger partial charge in [-0.05, 0) is 57.2 Å². The molecular formula is C21H20N6O4S. The highest BCUT2D eigenvalue weighted by Gasteiger charge is 2.18. The number of anilines is 3. The van der Waals surface area contributed by atoms with Gasteiger partial charge in [0.1, 0.15) is 5.76 Å². The second-order valence-corrected chi connectivity index (χ2v) is 8.57. The summed E-state index contributed by atoms with van der Waals surface area (Å²) in [6.07, 6.45) is 0. The van der Waals surface area contributed by atoms with Crippen molar-refractivity contribution in [1.82, 2.24) is 10.1 Å². The van der Waals surface area contributed by atoms with Crippen LogP contribution in [0.4, 0.5) is 28.9 Å². The number of benzene rings is 2. The van der Waals surface area contributed by atoms with Crippen LogP contribution in [0.25, 0.3) is 0 Å². The Bertz CT molecular complexity index is 1340. The lowest BCUT2D eigenvalue weighted by Crippen LogP contribution is -2.12. The molecule has 2 heterocycles. The predicted octanol–water partition coefficient (Wildman–Crippen LogP) is 5.55. The summed E-state index contributed by atoms with van der Waals surface area (Å²) >= 11 is 0. The van der Waals surface area contributed by atoms with E-state index in [0.29, 0.717) is 34.4 Å². The van der Waals surface area contributed by atoms with Crippen LogP contribution in [0.2, 0.25) is 0 Å². The van der Waals surface area contributed by atoms with Gasteiger partial charge in [0.05, 0.1) is 16.3 Å². The third-order valence-corrected chi connectivity index (χ3v) is 5.87. The fourth-order valence-corrected chi connectivity index (χ4v) is 3.64. The fraction of sp³-hybridized carbons (Fsp3) is 0.143. The van der Waals surface area contributed by atoms with E-state index in [1.165, 1.54) is 24.3 Å². The molecule has 4 rings (SSSR count). The molecule has 11 heteroatoms.